The van der Waals surface area contributed by atoms with E-state index in [0.29, 0.717) is 19.8 Å². The molecule has 2 atom stereocenters. The van der Waals surface area contributed by atoms with E-state index in [2.05, 4.69) is 6.58 Å². The molecular weight excluding hydrogens is 132 g/mol. The second-order valence-corrected chi connectivity index (χ2v) is 2.27. The molecule has 0 aromatic carbocycles. The molecule has 0 spiro atoms. The molecule has 1 N–H and O–H groups in total. The zero-order valence-electron chi connectivity index (χ0n) is 5.82. The highest BCUT2D eigenvalue weighted by Gasteiger charge is 2.26. The maximum Gasteiger partial charge on any atom is 0.109 e. The largest absolute Gasteiger partial charge is 0.388 e. The quantitative estimate of drug-likeness (QED) is 0.564. The van der Waals surface area contributed by atoms with Gasteiger partial charge in [-0.25, -0.2) is 0 Å². The predicted molar refractivity (Wildman–Crippen MR) is 36.8 cm³/mol. The SMILES string of the molecule is C=CCO[C@H]1COC[C@H]1O. The molecule has 3 nitrogen and oxygen atoms in total. The monoisotopic (exact) mass is 144 g/mol. The fourth-order valence-electron chi connectivity index (χ4n) is 0.874. The molecule has 0 aromatic rings. The molecule has 0 amide bonds. The van der Waals surface area contributed by atoms with Crippen molar-refractivity contribution >= 4 is 0 Å². The summed E-state index contributed by atoms with van der Waals surface area (Å²) < 4.78 is 10.1. The van der Waals surface area contributed by atoms with E-state index in [9.17, 15) is 0 Å². The summed E-state index contributed by atoms with van der Waals surface area (Å²) in [5.41, 5.74) is 0. The Bertz CT molecular complexity index is 113. The standard InChI is InChI=1S/C7H12O3/c1-2-3-10-7-5-9-4-6(7)8/h2,6-8H,1,3-5H2/t6-,7+/m1/s1. The first kappa shape index (κ1) is 7.72. The molecule has 1 heterocycles. The highest BCUT2D eigenvalue weighted by molar-refractivity contribution is 4.76. The minimum absolute atomic E-state index is 0.155. The van der Waals surface area contributed by atoms with Crippen LogP contribution >= 0.6 is 0 Å². The van der Waals surface area contributed by atoms with Gasteiger partial charge in [-0.2, -0.15) is 0 Å². The smallest absolute Gasteiger partial charge is 0.109 e. The van der Waals surface area contributed by atoms with Gasteiger partial charge in [0.15, 0.2) is 0 Å². The lowest BCUT2D eigenvalue weighted by atomic mass is 10.3. The van der Waals surface area contributed by atoms with Crippen LogP contribution in [-0.4, -0.2) is 37.1 Å². The van der Waals surface area contributed by atoms with Gasteiger partial charge in [0.1, 0.15) is 12.2 Å². The fraction of sp³-hybridized carbons (Fsp3) is 0.714. The average molecular weight is 144 g/mol. The van der Waals surface area contributed by atoms with Crippen molar-refractivity contribution in [2.75, 3.05) is 19.8 Å². The lowest BCUT2D eigenvalue weighted by molar-refractivity contribution is 0.00371. The molecule has 1 rings (SSSR count). The Kier molecular flexibility index (Phi) is 2.86. The Balaban J connectivity index is 2.19. The highest BCUT2D eigenvalue weighted by atomic mass is 16.6. The zero-order valence-corrected chi connectivity index (χ0v) is 5.82. The number of hydrogen-bond donors (Lipinski definition) is 1. The van der Waals surface area contributed by atoms with Crippen molar-refractivity contribution in [3.63, 3.8) is 0 Å². The van der Waals surface area contributed by atoms with Gasteiger partial charge in [0.05, 0.1) is 19.8 Å². The lowest BCUT2D eigenvalue weighted by Gasteiger charge is -2.10. The van der Waals surface area contributed by atoms with E-state index in [1.165, 1.54) is 0 Å². The van der Waals surface area contributed by atoms with Gasteiger partial charge in [0, 0.05) is 0 Å². The number of ether oxygens (including phenoxy) is 2. The van der Waals surface area contributed by atoms with Gasteiger partial charge in [0.2, 0.25) is 0 Å². The Hall–Kier alpha value is -0.380. The van der Waals surface area contributed by atoms with E-state index in [4.69, 9.17) is 14.6 Å². The van der Waals surface area contributed by atoms with Crippen LogP contribution in [0.15, 0.2) is 12.7 Å². The van der Waals surface area contributed by atoms with Crippen molar-refractivity contribution in [1.29, 1.82) is 0 Å². The van der Waals surface area contributed by atoms with Gasteiger partial charge in [-0.1, -0.05) is 6.08 Å². The van der Waals surface area contributed by atoms with Gasteiger partial charge in [-0.15, -0.1) is 6.58 Å². The maximum absolute atomic E-state index is 9.13. The van der Waals surface area contributed by atoms with Crippen molar-refractivity contribution in [2.24, 2.45) is 0 Å². The molecule has 0 saturated carbocycles. The molecule has 0 radical (unpaired) electrons. The summed E-state index contributed by atoms with van der Waals surface area (Å²) in [6.45, 7) is 4.86. The van der Waals surface area contributed by atoms with Crippen LogP contribution in [0.3, 0.4) is 0 Å². The molecule has 1 aliphatic rings. The Morgan fingerprint density at radius 1 is 1.70 bits per heavy atom. The first-order valence-corrected chi connectivity index (χ1v) is 3.33. The first-order valence-electron chi connectivity index (χ1n) is 3.33. The van der Waals surface area contributed by atoms with E-state index in [1.54, 1.807) is 6.08 Å². The Morgan fingerprint density at radius 3 is 3.00 bits per heavy atom. The molecule has 1 fully saturated rings. The third kappa shape index (κ3) is 1.80. The van der Waals surface area contributed by atoms with Gasteiger partial charge in [-0.05, 0) is 0 Å². The summed E-state index contributed by atoms with van der Waals surface area (Å²) in [5, 5.41) is 9.13. The maximum atomic E-state index is 9.13. The van der Waals surface area contributed by atoms with E-state index in [-0.39, 0.29) is 6.10 Å². The van der Waals surface area contributed by atoms with Crippen molar-refractivity contribution in [1.82, 2.24) is 0 Å². The Labute approximate surface area is 60.3 Å². The Morgan fingerprint density at radius 2 is 2.50 bits per heavy atom. The summed E-state index contributed by atoms with van der Waals surface area (Å²) in [7, 11) is 0. The molecule has 3 heteroatoms. The molecule has 10 heavy (non-hydrogen) atoms. The number of rotatable bonds is 3. The minimum atomic E-state index is -0.458. The first-order chi connectivity index (χ1) is 4.84. The summed E-state index contributed by atoms with van der Waals surface area (Å²) in [6.07, 6.45) is 1.04. The summed E-state index contributed by atoms with van der Waals surface area (Å²) in [5.74, 6) is 0. The average Bonchev–Trinajstić information content (AvgIpc) is 2.31. The molecule has 0 aromatic heterocycles. The van der Waals surface area contributed by atoms with Crippen molar-refractivity contribution in [2.45, 2.75) is 12.2 Å². The van der Waals surface area contributed by atoms with Crippen LogP contribution in [0, 0.1) is 0 Å². The van der Waals surface area contributed by atoms with Gasteiger partial charge in [-0.3, -0.25) is 0 Å². The third-order valence-corrected chi connectivity index (χ3v) is 1.43. The van der Waals surface area contributed by atoms with Crippen LogP contribution in [0.5, 0.6) is 0 Å². The topological polar surface area (TPSA) is 38.7 Å². The van der Waals surface area contributed by atoms with Crippen molar-refractivity contribution in [3.05, 3.63) is 12.7 Å². The van der Waals surface area contributed by atoms with E-state index in [0.717, 1.165) is 0 Å². The molecule has 0 unspecified atom stereocenters. The molecule has 58 valence electrons. The highest BCUT2D eigenvalue weighted by Crippen LogP contribution is 2.08. The molecule has 1 aliphatic heterocycles. The van der Waals surface area contributed by atoms with Crippen molar-refractivity contribution < 1.29 is 14.6 Å². The molecule has 1 saturated heterocycles. The fourth-order valence-corrected chi connectivity index (χ4v) is 0.874. The van der Waals surface area contributed by atoms with Gasteiger partial charge < -0.3 is 14.6 Å². The van der Waals surface area contributed by atoms with Crippen LogP contribution in [0.4, 0.5) is 0 Å². The van der Waals surface area contributed by atoms with Crippen LogP contribution in [0.1, 0.15) is 0 Å². The molecular formula is C7H12O3. The number of aliphatic hydroxyl groups excluding tert-OH is 1. The molecule has 0 bridgehead atoms. The van der Waals surface area contributed by atoms with Crippen molar-refractivity contribution in [3.8, 4) is 0 Å². The van der Waals surface area contributed by atoms with Crippen LogP contribution in [0.2, 0.25) is 0 Å². The normalized spacial score (nSPS) is 32.5. The summed E-state index contributed by atoms with van der Waals surface area (Å²) >= 11 is 0. The number of hydrogen-bond acceptors (Lipinski definition) is 3. The molecule has 0 aliphatic carbocycles. The van der Waals surface area contributed by atoms with Gasteiger partial charge in [0.25, 0.3) is 0 Å². The van der Waals surface area contributed by atoms with Gasteiger partial charge >= 0.3 is 0 Å². The number of aliphatic hydroxyl groups is 1. The predicted octanol–water partition coefficient (Wildman–Crippen LogP) is -0.0513. The van der Waals surface area contributed by atoms with E-state index in [1.807, 2.05) is 0 Å². The second kappa shape index (κ2) is 3.71. The third-order valence-electron chi connectivity index (χ3n) is 1.43. The lowest BCUT2D eigenvalue weighted by Crippen LogP contribution is -2.26. The van der Waals surface area contributed by atoms with Crippen LogP contribution in [-0.2, 0) is 9.47 Å². The second-order valence-electron chi connectivity index (χ2n) is 2.27. The zero-order chi connectivity index (χ0) is 7.40. The van der Waals surface area contributed by atoms with E-state index >= 15 is 0 Å². The van der Waals surface area contributed by atoms with E-state index < -0.39 is 6.10 Å². The minimum Gasteiger partial charge on any atom is -0.388 e. The summed E-state index contributed by atoms with van der Waals surface area (Å²) in [6, 6.07) is 0. The van der Waals surface area contributed by atoms with Crippen LogP contribution < -0.4 is 0 Å². The summed E-state index contributed by atoms with van der Waals surface area (Å²) in [4.78, 5) is 0. The van der Waals surface area contributed by atoms with Crippen LogP contribution in [0.25, 0.3) is 0 Å².